The summed E-state index contributed by atoms with van der Waals surface area (Å²) < 4.78 is 0. The predicted octanol–water partition coefficient (Wildman–Crippen LogP) is 3.60. The van der Waals surface area contributed by atoms with Crippen LogP contribution in [0.4, 0.5) is 0 Å². The van der Waals surface area contributed by atoms with E-state index >= 15 is 0 Å². The Morgan fingerprint density at radius 3 is 1.76 bits per heavy atom. The first-order valence-electron chi connectivity index (χ1n) is 9.43. The molecule has 0 amide bonds. The van der Waals surface area contributed by atoms with Gasteiger partial charge in [0.05, 0.1) is 0 Å². The summed E-state index contributed by atoms with van der Waals surface area (Å²) in [7, 11) is 0. The summed E-state index contributed by atoms with van der Waals surface area (Å²) in [5.74, 6) is 0. The van der Waals surface area contributed by atoms with E-state index in [9.17, 15) is 0 Å². The summed E-state index contributed by atoms with van der Waals surface area (Å²) in [6.45, 7) is 18.8. The minimum absolute atomic E-state index is 1.18. The van der Waals surface area contributed by atoms with Crippen LogP contribution in [-0.2, 0) is 0 Å². The van der Waals surface area contributed by atoms with Crippen LogP contribution in [0, 0.1) is 0 Å². The van der Waals surface area contributed by atoms with Gasteiger partial charge in [-0.1, -0.05) is 40.5 Å². The second-order valence-corrected chi connectivity index (χ2v) is 5.98. The maximum absolute atomic E-state index is 3.48. The zero-order valence-corrected chi connectivity index (χ0v) is 15.3. The first-order chi connectivity index (χ1) is 10.3. The molecule has 0 heterocycles. The van der Waals surface area contributed by atoms with Crippen molar-refractivity contribution in [3.63, 3.8) is 0 Å². The molecular weight excluding hydrogens is 258 g/mol. The lowest BCUT2D eigenvalue weighted by atomic mass is 10.2. The van der Waals surface area contributed by atoms with Crippen molar-refractivity contribution in [2.24, 2.45) is 0 Å². The lowest BCUT2D eigenvalue weighted by Crippen LogP contribution is -2.30. The van der Waals surface area contributed by atoms with E-state index in [0.717, 1.165) is 0 Å². The second-order valence-electron chi connectivity index (χ2n) is 5.98. The zero-order chi connectivity index (χ0) is 15.8. The molecule has 0 aliphatic carbocycles. The maximum Gasteiger partial charge on any atom is -0.000666 e. The normalized spacial score (nSPS) is 11.7. The molecule has 0 fully saturated rings. The van der Waals surface area contributed by atoms with Gasteiger partial charge in [-0.2, -0.15) is 0 Å². The molecule has 21 heavy (non-hydrogen) atoms. The summed E-state index contributed by atoms with van der Waals surface area (Å²) in [5.41, 5.74) is 0. The van der Waals surface area contributed by atoms with Gasteiger partial charge in [-0.15, -0.1) is 0 Å². The van der Waals surface area contributed by atoms with E-state index in [1.807, 2.05) is 0 Å². The fourth-order valence-corrected chi connectivity index (χ4v) is 2.73. The van der Waals surface area contributed by atoms with Gasteiger partial charge in [0.1, 0.15) is 0 Å². The molecule has 0 saturated heterocycles. The highest BCUT2D eigenvalue weighted by atomic mass is 15.1. The molecule has 0 aliphatic heterocycles. The third kappa shape index (κ3) is 13.3. The average molecular weight is 300 g/mol. The molecule has 1 N–H and O–H groups in total. The van der Waals surface area contributed by atoms with Crippen LogP contribution in [0.25, 0.3) is 0 Å². The van der Waals surface area contributed by atoms with E-state index in [1.165, 1.54) is 90.9 Å². The van der Waals surface area contributed by atoms with E-state index in [1.54, 1.807) is 0 Å². The monoisotopic (exact) mass is 299 g/mol. The summed E-state index contributed by atoms with van der Waals surface area (Å²) in [6.07, 6.45) is 8.05. The molecule has 128 valence electrons. The van der Waals surface area contributed by atoms with Crippen LogP contribution in [0.3, 0.4) is 0 Å². The molecule has 3 heteroatoms. The minimum atomic E-state index is 1.18. The highest BCUT2D eigenvalue weighted by Crippen LogP contribution is 2.03. The van der Waals surface area contributed by atoms with Gasteiger partial charge < -0.3 is 15.1 Å². The lowest BCUT2D eigenvalue weighted by Gasteiger charge is -2.23. The average Bonchev–Trinajstić information content (AvgIpc) is 2.52. The van der Waals surface area contributed by atoms with Crippen LogP contribution in [0.1, 0.15) is 66.2 Å². The molecule has 0 saturated carbocycles. The lowest BCUT2D eigenvalue weighted by molar-refractivity contribution is 0.240. The molecule has 0 aromatic rings. The van der Waals surface area contributed by atoms with Gasteiger partial charge in [0.2, 0.25) is 0 Å². The van der Waals surface area contributed by atoms with Gasteiger partial charge in [0.25, 0.3) is 0 Å². The minimum Gasteiger partial charge on any atom is -0.317 e. The van der Waals surface area contributed by atoms with Gasteiger partial charge >= 0.3 is 0 Å². The fraction of sp³-hybridized carbons (Fsp3) is 1.00. The largest absolute Gasteiger partial charge is 0.317 e. The van der Waals surface area contributed by atoms with Gasteiger partial charge in [0, 0.05) is 0 Å². The Morgan fingerprint density at radius 2 is 1.14 bits per heavy atom. The van der Waals surface area contributed by atoms with Gasteiger partial charge in [0.15, 0.2) is 0 Å². The van der Waals surface area contributed by atoms with Crippen molar-refractivity contribution in [1.29, 1.82) is 0 Å². The third-order valence-electron chi connectivity index (χ3n) is 4.29. The smallest absolute Gasteiger partial charge is 0.000666 e. The van der Waals surface area contributed by atoms with Gasteiger partial charge in [-0.05, 0) is 78.0 Å². The van der Waals surface area contributed by atoms with Crippen LogP contribution in [0.15, 0.2) is 0 Å². The number of hydrogen-bond donors (Lipinski definition) is 1. The van der Waals surface area contributed by atoms with Crippen molar-refractivity contribution in [3.05, 3.63) is 0 Å². The highest BCUT2D eigenvalue weighted by molar-refractivity contribution is 4.60. The Morgan fingerprint density at radius 1 is 0.571 bits per heavy atom. The predicted molar refractivity (Wildman–Crippen MR) is 96.1 cm³/mol. The molecular formula is C18H41N3. The molecule has 0 bridgehead atoms. The van der Waals surface area contributed by atoms with Crippen molar-refractivity contribution in [2.75, 3.05) is 52.4 Å². The van der Waals surface area contributed by atoms with Crippen molar-refractivity contribution in [3.8, 4) is 0 Å². The molecule has 3 nitrogen and oxygen atoms in total. The first kappa shape index (κ1) is 20.9. The Bertz CT molecular complexity index is 193. The summed E-state index contributed by atoms with van der Waals surface area (Å²) >= 11 is 0. The SMILES string of the molecule is CCCNCCCCCCN(CC)CCCN(CC)CC. The van der Waals surface area contributed by atoms with E-state index < -0.39 is 0 Å². The Kier molecular flexibility index (Phi) is 16.2. The summed E-state index contributed by atoms with van der Waals surface area (Å²) in [6, 6.07) is 0. The van der Waals surface area contributed by atoms with Crippen molar-refractivity contribution in [2.45, 2.75) is 66.2 Å². The van der Waals surface area contributed by atoms with E-state index in [2.05, 4.69) is 42.8 Å². The number of hydrogen-bond acceptors (Lipinski definition) is 3. The van der Waals surface area contributed by atoms with E-state index in [4.69, 9.17) is 0 Å². The molecule has 0 spiro atoms. The summed E-state index contributed by atoms with van der Waals surface area (Å²) in [5, 5.41) is 3.48. The Balaban J connectivity index is 3.44. The van der Waals surface area contributed by atoms with Crippen LogP contribution in [0.2, 0.25) is 0 Å². The molecule has 0 aromatic heterocycles. The molecule has 0 atom stereocenters. The first-order valence-corrected chi connectivity index (χ1v) is 9.43. The van der Waals surface area contributed by atoms with Gasteiger partial charge in [-0.3, -0.25) is 0 Å². The molecule has 0 radical (unpaired) electrons. The maximum atomic E-state index is 3.48. The standard InChI is InChI=1S/C18H41N3/c1-5-14-19-15-11-9-10-12-16-21(8-4)18-13-17-20(6-2)7-3/h19H,5-18H2,1-4H3. The number of nitrogens with one attached hydrogen (secondary N) is 1. The van der Waals surface area contributed by atoms with Crippen molar-refractivity contribution in [1.82, 2.24) is 15.1 Å². The van der Waals surface area contributed by atoms with Crippen LogP contribution in [-0.4, -0.2) is 62.2 Å². The Hall–Kier alpha value is -0.120. The van der Waals surface area contributed by atoms with E-state index in [-0.39, 0.29) is 0 Å². The Labute approximate surface area is 134 Å². The zero-order valence-electron chi connectivity index (χ0n) is 15.3. The van der Waals surface area contributed by atoms with Gasteiger partial charge in [-0.25, -0.2) is 0 Å². The van der Waals surface area contributed by atoms with Crippen LogP contribution in [0.5, 0.6) is 0 Å². The van der Waals surface area contributed by atoms with Crippen molar-refractivity contribution < 1.29 is 0 Å². The van der Waals surface area contributed by atoms with Crippen LogP contribution >= 0.6 is 0 Å². The van der Waals surface area contributed by atoms with Crippen molar-refractivity contribution >= 4 is 0 Å². The number of rotatable bonds is 16. The topological polar surface area (TPSA) is 18.5 Å². The quantitative estimate of drug-likeness (QED) is 0.439. The molecule has 0 unspecified atom stereocenters. The molecule has 0 aliphatic rings. The number of unbranched alkanes of at least 4 members (excludes halogenated alkanes) is 3. The highest BCUT2D eigenvalue weighted by Gasteiger charge is 2.04. The molecule has 0 aromatic carbocycles. The second kappa shape index (κ2) is 16.3. The van der Waals surface area contributed by atoms with E-state index in [0.29, 0.717) is 0 Å². The number of nitrogens with zero attached hydrogens (tertiary/aromatic N) is 2. The fourth-order valence-electron chi connectivity index (χ4n) is 2.73. The summed E-state index contributed by atoms with van der Waals surface area (Å²) in [4.78, 5) is 5.15. The van der Waals surface area contributed by atoms with Crippen LogP contribution < -0.4 is 5.32 Å². The third-order valence-corrected chi connectivity index (χ3v) is 4.29. The molecule has 0 rings (SSSR count).